The Morgan fingerprint density at radius 1 is 1.48 bits per heavy atom. The van der Waals surface area contributed by atoms with Crippen LogP contribution >= 0.6 is 11.3 Å². The summed E-state index contributed by atoms with van der Waals surface area (Å²) < 4.78 is 5.14. The van der Waals surface area contributed by atoms with E-state index >= 15 is 0 Å². The highest BCUT2D eigenvalue weighted by molar-refractivity contribution is 7.10. The first-order chi connectivity index (χ1) is 12.1. The molecule has 140 valence electrons. The zero-order valence-electron chi connectivity index (χ0n) is 15.7. The van der Waals surface area contributed by atoms with Crippen molar-refractivity contribution in [3.63, 3.8) is 0 Å². The van der Waals surface area contributed by atoms with Crippen molar-refractivity contribution in [2.75, 3.05) is 47.4 Å². The third-order valence-corrected chi connectivity index (χ3v) is 5.55. The van der Waals surface area contributed by atoms with Gasteiger partial charge in [0, 0.05) is 31.6 Å². The summed E-state index contributed by atoms with van der Waals surface area (Å²) in [7, 11) is 6.01. The number of nitrogens with zero attached hydrogens (tertiary/aromatic N) is 3. The molecule has 0 radical (unpaired) electrons. The van der Waals surface area contributed by atoms with Gasteiger partial charge in [-0.3, -0.25) is 9.79 Å². The van der Waals surface area contributed by atoms with Crippen LogP contribution in [-0.2, 0) is 9.53 Å². The summed E-state index contributed by atoms with van der Waals surface area (Å²) in [5.41, 5.74) is 0. The minimum atomic E-state index is -0.0598. The summed E-state index contributed by atoms with van der Waals surface area (Å²) >= 11 is 1.78. The number of hydrogen-bond acceptors (Lipinski definition) is 5. The third kappa shape index (κ3) is 5.44. The molecular formula is C18H30N4O2S. The van der Waals surface area contributed by atoms with E-state index in [1.807, 2.05) is 14.0 Å². The van der Waals surface area contributed by atoms with Gasteiger partial charge < -0.3 is 19.9 Å². The van der Waals surface area contributed by atoms with Crippen molar-refractivity contribution in [2.24, 2.45) is 10.9 Å². The number of likely N-dealkylation sites (tertiary alicyclic amines) is 1. The highest BCUT2D eigenvalue weighted by atomic mass is 32.1. The molecule has 0 aromatic carbocycles. The molecule has 6 nitrogen and oxygen atoms in total. The summed E-state index contributed by atoms with van der Waals surface area (Å²) in [5.74, 6) is 0.871. The highest BCUT2D eigenvalue weighted by Gasteiger charge is 2.27. The Morgan fingerprint density at radius 3 is 2.72 bits per heavy atom. The van der Waals surface area contributed by atoms with Gasteiger partial charge >= 0.3 is 5.97 Å². The molecule has 1 aromatic rings. The van der Waals surface area contributed by atoms with Crippen molar-refractivity contribution in [3.8, 4) is 0 Å². The summed E-state index contributed by atoms with van der Waals surface area (Å²) in [5, 5.41) is 5.61. The molecule has 1 aliphatic rings. The minimum Gasteiger partial charge on any atom is -0.466 e. The van der Waals surface area contributed by atoms with Gasteiger partial charge in [-0.25, -0.2) is 0 Å². The van der Waals surface area contributed by atoms with E-state index in [-0.39, 0.29) is 11.9 Å². The Bertz CT molecular complexity index is 551. The van der Waals surface area contributed by atoms with Gasteiger partial charge in [-0.1, -0.05) is 6.07 Å². The molecule has 2 rings (SSSR count). The fourth-order valence-electron chi connectivity index (χ4n) is 3.13. The maximum Gasteiger partial charge on any atom is 0.309 e. The van der Waals surface area contributed by atoms with E-state index < -0.39 is 0 Å². The molecule has 0 spiro atoms. The average molecular weight is 367 g/mol. The number of likely N-dealkylation sites (N-methyl/N-ethyl adjacent to an activating group) is 1. The van der Waals surface area contributed by atoms with E-state index in [0.717, 1.165) is 38.4 Å². The van der Waals surface area contributed by atoms with Gasteiger partial charge in [-0.2, -0.15) is 0 Å². The van der Waals surface area contributed by atoms with Crippen LogP contribution in [0.4, 0.5) is 0 Å². The third-order valence-electron chi connectivity index (χ3n) is 4.57. The Hall–Kier alpha value is -1.60. The number of hydrogen-bond donors (Lipinski definition) is 1. The van der Waals surface area contributed by atoms with Crippen LogP contribution in [0.5, 0.6) is 0 Å². The second-order valence-electron chi connectivity index (χ2n) is 6.44. The molecule has 7 heteroatoms. The molecule has 1 fully saturated rings. The molecule has 0 amide bonds. The lowest BCUT2D eigenvalue weighted by Crippen LogP contribution is -2.48. The minimum absolute atomic E-state index is 0.0231. The predicted molar refractivity (Wildman–Crippen MR) is 103 cm³/mol. The number of guanidine groups is 1. The first-order valence-corrected chi connectivity index (χ1v) is 9.76. The van der Waals surface area contributed by atoms with Crippen molar-refractivity contribution in [2.45, 2.75) is 25.8 Å². The SMILES string of the molecule is CCOC(=O)C1CCN(C(=NC)NCC(c2cccs2)N(C)C)CC1. The van der Waals surface area contributed by atoms with Gasteiger partial charge in [-0.05, 0) is 45.3 Å². The largest absolute Gasteiger partial charge is 0.466 e. The highest BCUT2D eigenvalue weighted by Crippen LogP contribution is 2.23. The van der Waals surface area contributed by atoms with Crippen molar-refractivity contribution in [1.29, 1.82) is 0 Å². The van der Waals surface area contributed by atoms with Crippen LogP contribution in [0.1, 0.15) is 30.7 Å². The number of esters is 1. The second-order valence-corrected chi connectivity index (χ2v) is 7.42. The zero-order valence-corrected chi connectivity index (χ0v) is 16.5. The number of carbonyl (C=O) groups excluding carboxylic acids is 1. The van der Waals surface area contributed by atoms with E-state index in [9.17, 15) is 4.79 Å². The summed E-state index contributed by atoms with van der Waals surface area (Å²) in [4.78, 5) is 22.1. The number of thiophene rings is 1. The molecule has 0 bridgehead atoms. The zero-order chi connectivity index (χ0) is 18.2. The fraction of sp³-hybridized carbons (Fsp3) is 0.667. The summed E-state index contributed by atoms with van der Waals surface area (Å²) in [6, 6.07) is 4.57. The molecule has 0 aliphatic carbocycles. The summed E-state index contributed by atoms with van der Waals surface area (Å²) in [6.07, 6.45) is 1.64. The number of ether oxygens (including phenoxy) is 1. The smallest absolute Gasteiger partial charge is 0.309 e. The quantitative estimate of drug-likeness (QED) is 0.475. The molecule has 1 atom stereocenters. The van der Waals surface area contributed by atoms with E-state index in [1.165, 1.54) is 4.88 Å². The van der Waals surface area contributed by atoms with Crippen molar-refractivity contribution < 1.29 is 9.53 Å². The standard InChI is InChI=1S/C18H30N4O2S/c1-5-24-17(23)14-8-10-22(11-9-14)18(19-2)20-13-15(21(3)4)16-7-6-12-25-16/h6-7,12,14-15H,5,8-11,13H2,1-4H3,(H,19,20). The van der Waals surface area contributed by atoms with Crippen LogP contribution in [0.25, 0.3) is 0 Å². The molecule has 0 saturated carbocycles. The first-order valence-electron chi connectivity index (χ1n) is 8.88. The number of carbonyl (C=O) groups is 1. The van der Waals surface area contributed by atoms with Gasteiger partial charge in [0.15, 0.2) is 5.96 Å². The molecule has 1 aromatic heterocycles. The van der Waals surface area contributed by atoms with Crippen LogP contribution in [0.3, 0.4) is 0 Å². The number of aliphatic imine (C=N–C) groups is 1. The number of piperidine rings is 1. The lowest BCUT2D eigenvalue weighted by molar-refractivity contribution is -0.149. The van der Waals surface area contributed by atoms with Gasteiger partial charge in [-0.15, -0.1) is 11.3 Å². The lowest BCUT2D eigenvalue weighted by Gasteiger charge is -2.34. The molecule has 1 unspecified atom stereocenters. The Morgan fingerprint density at radius 2 is 2.20 bits per heavy atom. The van der Waals surface area contributed by atoms with Gasteiger partial charge in [0.1, 0.15) is 0 Å². The normalized spacial score (nSPS) is 17.6. The monoisotopic (exact) mass is 366 g/mol. The number of rotatable bonds is 6. The van der Waals surface area contributed by atoms with Crippen LogP contribution in [-0.4, -0.2) is 69.1 Å². The molecule has 1 N–H and O–H groups in total. The van der Waals surface area contributed by atoms with Gasteiger partial charge in [0.05, 0.1) is 18.6 Å². The van der Waals surface area contributed by atoms with Crippen LogP contribution in [0.15, 0.2) is 22.5 Å². The van der Waals surface area contributed by atoms with Crippen LogP contribution in [0.2, 0.25) is 0 Å². The first kappa shape index (κ1) is 19.7. The van der Waals surface area contributed by atoms with E-state index in [0.29, 0.717) is 12.6 Å². The Balaban J connectivity index is 1.88. The Kier molecular flexibility index (Phi) is 7.71. The maximum atomic E-state index is 11.9. The van der Waals surface area contributed by atoms with Crippen molar-refractivity contribution in [3.05, 3.63) is 22.4 Å². The maximum absolute atomic E-state index is 11.9. The second kappa shape index (κ2) is 9.77. The van der Waals surface area contributed by atoms with Crippen molar-refractivity contribution in [1.82, 2.24) is 15.1 Å². The Labute approximate surface area is 154 Å². The molecule has 2 heterocycles. The van der Waals surface area contributed by atoms with E-state index in [4.69, 9.17) is 4.74 Å². The molecule has 1 aliphatic heterocycles. The van der Waals surface area contributed by atoms with Crippen LogP contribution in [0, 0.1) is 5.92 Å². The topological polar surface area (TPSA) is 57.2 Å². The van der Waals surface area contributed by atoms with Crippen molar-refractivity contribution >= 4 is 23.3 Å². The lowest BCUT2D eigenvalue weighted by atomic mass is 9.97. The van der Waals surface area contributed by atoms with Crippen LogP contribution < -0.4 is 5.32 Å². The van der Waals surface area contributed by atoms with Gasteiger partial charge in [0.2, 0.25) is 0 Å². The number of nitrogens with one attached hydrogen (secondary N) is 1. The predicted octanol–water partition coefficient (Wildman–Crippen LogP) is 2.20. The average Bonchev–Trinajstić information content (AvgIpc) is 3.13. The van der Waals surface area contributed by atoms with E-state index in [2.05, 4.69) is 51.7 Å². The summed E-state index contributed by atoms with van der Waals surface area (Å²) in [6.45, 7) is 4.77. The molecule has 25 heavy (non-hydrogen) atoms. The van der Waals surface area contributed by atoms with Gasteiger partial charge in [0.25, 0.3) is 0 Å². The van der Waals surface area contributed by atoms with E-state index in [1.54, 1.807) is 11.3 Å². The molecular weight excluding hydrogens is 336 g/mol. The fourth-order valence-corrected chi connectivity index (χ4v) is 4.05. The molecule has 1 saturated heterocycles.